The molecule has 1 aromatic carbocycles. The zero-order valence-corrected chi connectivity index (χ0v) is 10.0. The Balaban J connectivity index is 2.22. The van der Waals surface area contributed by atoms with Gasteiger partial charge >= 0.3 is 5.69 Å². The highest BCUT2D eigenvalue weighted by atomic mass is 16.6. The van der Waals surface area contributed by atoms with Crippen molar-refractivity contribution in [3.05, 3.63) is 62.5 Å². The number of anilines is 1. The van der Waals surface area contributed by atoms with Gasteiger partial charge in [0.05, 0.1) is 27.8 Å². The van der Waals surface area contributed by atoms with Crippen LogP contribution >= 0.6 is 0 Å². The summed E-state index contributed by atoms with van der Waals surface area (Å²) >= 11 is 0. The first-order chi connectivity index (χ1) is 9.58. The smallest absolute Gasteiger partial charge is 0.301 e. The fourth-order valence-corrected chi connectivity index (χ4v) is 1.48. The summed E-state index contributed by atoms with van der Waals surface area (Å²) in [5.41, 5.74) is 2.50. The van der Waals surface area contributed by atoms with E-state index in [1.807, 2.05) is 0 Å². The molecule has 9 nitrogen and oxygen atoms in total. The van der Waals surface area contributed by atoms with E-state index in [9.17, 15) is 20.2 Å². The molecule has 0 amide bonds. The van der Waals surface area contributed by atoms with Crippen LogP contribution in [0.5, 0.6) is 0 Å². The zero-order valence-electron chi connectivity index (χ0n) is 10.0. The Hall–Kier alpha value is -3.23. The van der Waals surface area contributed by atoms with Crippen molar-refractivity contribution in [3.8, 4) is 0 Å². The molecule has 20 heavy (non-hydrogen) atoms. The molecular formula is C11H9N5O4. The molecule has 0 atom stereocenters. The van der Waals surface area contributed by atoms with Crippen molar-refractivity contribution in [3.63, 3.8) is 0 Å². The molecule has 9 heteroatoms. The molecule has 0 spiro atoms. The number of benzene rings is 1. The highest BCUT2D eigenvalue weighted by molar-refractivity contribution is 5.78. The Morgan fingerprint density at radius 2 is 2.00 bits per heavy atom. The van der Waals surface area contributed by atoms with Gasteiger partial charge in [-0.1, -0.05) is 0 Å². The van der Waals surface area contributed by atoms with Gasteiger partial charge in [-0.3, -0.25) is 25.7 Å². The van der Waals surface area contributed by atoms with Gasteiger partial charge in [0.25, 0.3) is 5.69 Å². The molecule has 0 radical (unpaired) electrons. The molecule has 0 aliphatic rings. The lowest BCUT2D eigenvalue weighted by atomic mass is 10.2. The minimum absolute atomic E-state index is 0.0726. The van der Waals surface area contributed by atoms with Crippen molar-refractivity contribution < 1.29 is 9.85 Å². The number of non-ortho nitro benzene ring substituents is 1. The van der Waals surface area contributed by atoms with E-state index >= 15 is 0 Å². The Morgan fingerprint density at radius 1 is 1.20 bits per heavy atom. The highest BCUT2D eigenvalue weighted by Gasteiger charge is 2.18. The maximum atomic E-state index is 10.9. The molecule has 2 N–H and O–H groups in total. The zero-order chi connectivity index (χ0) is 14.5. The third-order valence-corrected chi connectivity index (χ3v) is 2.40. The first kappa shape index (κ1) is 13.2. The van der Waals surface area contributed by atoms with Gasteiger partial charge in [0.2, 0.25) is 0 Å². The number of nitro groups is 2. The van der Waals surface area contributed by atoms with E-state index in [0.717, 1.165) is 6.07 Å². The number of nitro benzene ring substituents is 2. The SMILES string of the molecule is O=[N+]([O-])c1ccc(N/N=C/c2ccc[nH]2)c([N+](=O)[O-])c1. The Labute approximate surface area is 112 Å². The number of aromatic nitrogens is 1. The largest absolute Gasteiger partial charge is 0.360 e. The molecule has 0 saturated carbocycles. The van der Waals surface area contributed by atoms with Crippen LogP contribution < -0.4 is 5.43 Å². The average Bonchev–Trinajstić information content (AvgIpc) is 2.91. The van der Waals surface area contributed by atoms with Crippen LogP contribution in [0.15, 0.2) is 41.6 Å². The van der Waals surface area contributed by atoms with Gasteiger partial charge in [-0.25, -0.2) is 0 Å². The van der Waals surface area contributed by atoms with Gasteiger partial charge in [-0.15, -0.1) is 0 Å². The number of hydrazone groups is 1. The topological polar surface area (TPSA) is 126 Å². The molecule has 0 aliphatic carbocycles. The van der Waals surface area contributed by atoms with Crippen molar-refractivity contribution in [2.24, 2.45) is 5.10 Å². The first-order valence-corrected chi connectivity index (χ1v) is 5.43. The summed E-state index contributed by atoms with van der Waals surface area (Å²) < 4.78 is 0. The summed E-state index contributed by atoms with van der Waals surface area (Å²) in [4.78, 5) is 22.9. The number of rotatable bonds is 5. The molecule has 0 unspecified atom stereocenters. The standard InChI is InChI=1S/C11H9N5O4/c17-15(18)9-3-4-10(11(6-9)16(19)20)14-13-7-8-2-1-5-12-8/h1-7,12,14H/b13-7+. The third kappa shape index (κ3) is 2.96. The normalized spacial score (nSPS) is 10.6. The van der Waals surface area contributed by atoms with E-state index in [-0.39, 0.29) is 11.4 Å². The summed E-state index contributed by atoms with van der Waals surface area (Å²) in [5, 5.41) is 25.3. The van der Waals surface area contributed by atoms with Gasteiger partial charge < -0.3 is 4.98 Å². The summed E-state index contributed by atoms with van der Waals surface area (Å²) in [5.74, 6) is 0. The van der Waals surface area contributed by atoms with Crippen LogP contribution in [0.1, 0.15) is 5.69 Å². The second-order valence-corrected chi connectivity index (χ2v) is 3.71. The number of nitrogens with zero attached hydrogens (tertiary/aromatic N) is 3. The molecule has 0 bridgehead atoms. The van der Waals surface area contributed by atoms with Crippen molar-refractivity contribution in [1.82, 2.24) is 4.98 Å². The maximum Gasteiger partial charge on any atom is 0.301 e. The number of nitrogens with one attached hydrogen (secondary N) is 2. The molecule has 0 aliphatic heterocycles. The van der Waals surface area contributed by atoms with Gasteiger partial charge in [0.15, 0.2) is 0 Å². The molecule has 1 aromatic heterocycles. The molecule has 2 aromatic rings. The van der Waals surface area contributed by atoms with Crippen LogP contribution in [-0.4, -0.2) is 21.0 Å². The van der Waals surface area contributed by atoms with E-state index in [1.165, 1.54) is 18.3 Å². The predicted octanol–water partition coefficient (Wildman–Crippen LogP) is 2.28. The van der Waals surface area contributed by atoms with E-state index < -0.39 is 15.5 Å². The summed E-state index contributed by atoms with van der Waals surface area (Å²) in [6, 6.07) is 6.82. The first-order valence-electron chi connectivity index (χ1n) is 5.43. The average molecular weight is 275 g/mol. The van der Waals surface area contributed by atoms with Crippen molar-refractivity contribution in [2.75, 3.05) is 5.43 Å². The maximum absolute atomic E-state index is 10.9. The van der Waals surface area contributed by atoms with Crippen molar-refractivity contribution >= 4 is 23.3 Å². The predicted molar refractivity (Wildman–Crippen MR) is 71.8 cm³/mol. The van der Waals surface area contributed by atoms with Crippen molar-refractivity contribution in [2.45, 2.75) is 0 Å². The minimum Gasteiger partial charge on any atom is -0.360 e. The lowest BCUT2D eigenvalue weighted by Gasteiger charge is -2.01. The van der Waals surface area contributed by atoms with Crippen LogP contribution in [0.2, 0.25) is 0 Å². The molecule has 102 valence electrons. The molecule has 0 fully saturated rings. The van der Waals surface area contributed by atoms with Crippen LogP contribution in [-0.2, 0) is 0 Å². The minimum atomic E-state index is -0.709. The van der Waals surface area contributed by atoms with Crippen LogP contribution in [0.25, 0.3) is 0 Å². The highest BCUT2D eigenvalue weighted by Crippen LogP contribution is 2.28. The number of aromatic amines is 1. The Bertz CT molecular complexity index is 665. The fraction of sp³-hybridized carbons (Fsp3) is 0. The summed E-state index contributed by atoms with van der Waals surface area (Å²) in [7, 11) is 0. The summed E-state index contributed by atoms with van der Waals surface area (Å²) in [6.07, 6.45) is 3.14. The van der Waals surface area contributed by atoms with Gasteiger partial charge in [0, 0.05) is 12.3 Å². The lowest BCUT2D eigenvalue weighted by molar-refractivity contribution is -0.393. The molecular weight excluding hydrogens is 266 g/mol. The van der Waals surface area contributed by atoms with Crippen LogP contribution in [0.4, 0.5) is 17.1 Å². The van der Waals surface area contributed by atoms with Crippen molar-refractivity contribution in [1.29, 1.82) is 0 Å². The Kier molecular flexibility index (Phi) is 3.70. The monoisotopic (exact) mass is 275 g/mol. The van der Waals surface area contributed by atoms with Gasteiger partial charge in [0.1, 0.15) is 5.69 Å². The second kappa shape index (κ2) is 5.61. The van der Waals surface area contributed by atoms with E-state index in [4.69, 9.17) is 0 Å². The molecule has 0 saturated heterocycles. The van der Waals surface area contributed by atoms with Gasteiger partial charge in [-0.05, 0) is 18.2 Å². The lowest BCUT2D eigenvalue weighted by Crippen LogP contribution is -1.98. The van der Waals surface area contributed by atoms with Crippen LogP contribution in [0, 0.1) is 20.2 Å². The second-order valence-electron chi connectivity index (χ2n) is 3.71. The van der Waals surface area contributed by atoms with E-state index in [0.29, 0.717) is 5.69 Å². The summed E-state index contributed by atoms with van der Waals surface area (Å²) in [6.45, 7) is 0. The number of hydrogen-bond acceptors (Lipinski definition) is 6. The quantitative estimate of drug-likeness (QED) is 0.491. The number of hydrogen-bond donors (Lipinski definition) is 2. The molecule has 1 heterocycles. The van der Waals surface area contributed by atoms with E-state index in [2.05, 4.69) is 15.5 Å². The van der Waals surface area contributed by atoms with E-state index in [1.54, 1.807) is 18.3 Å². The fourth-order valence-electron chi connectivity index (χ4n) is 1.48. The van der Waals surface area contributed by atoms with Crippen LogP contribution in [0.3, 0.4) is 0 Å². The Morgan fingerprint density at radius 3 is 2.60 bits per heavy atom. The number of H-pyrrole nitrogens is 1. The van der Waals surface area contributed by atoms with Gasteiger partial charge in [-0.2, -0.15) is 5.10 Å². The molecule has 2 rings (SSSR count). The third-order valence-electron chi connectivity index (χ3n) is 2.40.